The highest BCUT2D eigenvalue weighted by atomic mass is 16.3. The topological polar surface area (TPSA) is 133 Å². The summed E-state index contributed by atoms with van der Waals surface area (Å²) >= 11 is 0. The predicted octanol–water partition coefficient (Wildman–Crippen LogP) is -3.49. The van der Waals surface area contributed by atoms with E-state index < -0.39 is 31.1 Å². The maximum atomic E-state index is 8.85. The van der Waals surface area contributed by atoms with Crippen LogP contribution in [0.25, 0.3) is 0 Å². The molecule has 2 unspecified atom stereocenters. The molecule has 0 aliphatic carbocycles. The van der Waals surface area contributed by atoms with E-state index in [0.717, 1.165) is 0 Å². The molecule has 6 heteroatoms. The number of aliphatic hydroxyl groups excluding tert-OH is 4. The van der Waals surface area contributed by atoms with E-state index in [1.807, 2.05) is 0 Å². The van der Waals surface area contributed by atoms with Gasteiger partial charge in [0, 0.05) is 0 Å². The summed E-state index contributed by atoms with van der Waals surface area (Å²) in [5.74, 6) is 0. The fourth-order valence-corrected chi connectivity index (χ4v) is 0.599. The Hall–Kier alpha value is -0.240. The van der Waals surface area contributed by atoms with Gasteiger partial charge in [0.2, 0.25) is 0 Å². The molecule has 0 bridgehead atoms. The molecule has 0 rings (SSSR count). The highest BCUT2D eigenvalue weighted by Gasteiger charge is 2.40. The van der Waals surface area contributed by atoms with Crippen LogP contribution in [0, 0.1) is 5.41 Å². The molecule has 2 atom stereocenters. The highest BCUT2D eigenvalue weighted by molar-refractivity contribution is 4.86. The van der Waals surface area contributed by atoms with Crippen molar-refractivity contribution in [1.82, 2.24) is 0 Å². The van der Waals surface area contributed by atoms with Crippen LogP contribution in [0.1, 0.15) is 0 Å². The molecule has 0 aromatic rings. The summed E-state index contributed by atoms with van der Waals surface area (Å²) in [4.78, 5) is 0. The summed E-state index contributed by atoms with van der Waals surface area (Å²) in [5, 5.41) is 35.1. The van der Waals surface area contributed by atoms with Gasteiger partial charge in [-0.1, -0.05) is 0 Å². The van der Waals surface area contributed by atoms with Gasteiger partial charge in [0.15, 0.2) is 0 Å². The van der Waals surface area contributed by atoms with Crippen LogP contribution in [-0.4, -0.2) is 46.1 Å². The van der Waals surface area contributed by atoms with Crippen LogP contribution < -0.4 is 11.5 Å². The summed E-state index contributed by atoms with van der Waals surface area (Å²) in [5.41, 5.74) is 8.34. The summed E-state index contributed by atoms with van der Waals surface area (Å²) in [6.07, 6.45) is -3.12. The highest BCUT2D eigenvalue weighted by Crippen LogP contribution is 2.20. The second-order valence-electron chi connectivity index (χ2n) is 2.44. The Morgan fingerprint density at radius 3 is 1.27 bits per heavy atom. The molecular formula is C5H14N2O4. The molecule has 68 valence electrons. The Morgan fingerprint density at radius 2 is 1.27 bits per heavy atom. The van der Waals surface area contributed by atoms with Crippen LogP contribution in [0.2, 0.25) is 0 Å². The summed E-state index contributed by atoms with van der Waals surface area (Å²) in [6.45, 7) is -1.36. The summed E-state index contributed by atoms with van der Waals surface area (Å²) in [7, 11) is 0. The number of hydrogen-bond donors (Lipinski definition) is 6. The van der Waals surface area contributed by atoms with E-state index in [0.29, 0.717) is 0 Å². The van der Waals surface area contributed by atoms with Gasteiger partial charge in [-0.2, -0.15) is 0 Å². The van der Waals surface area contributed by atoms with Gasteiger partial charge in [-0.05, 0) is 0 Å². The molecule has 0 saturated carbocycles. The molecule has 0 heterocycles. The monoisotopic (exact) mass is 166 g/mol. The minimum atomic E-state index is -1.64. The molecule has 11 heavy (non-hydrogen) atoms. The van der Waals surface area contributed by atoms with Gasteiger partial charge in [-0.15, -0.1) is 0 Å². The smallest absolute Gasteiger partial charge is 0.116 e. The summed E-state index contributed by atoms with van der Waals surface area (Å²) < 4.78 is 0. The van der Waals surface area contributed by atoms with Gasteiger partial charge in [-0.3, -0.25) is 0 Å². The fraction of sp³-hybridized carbons (Fsp3) is 1.00. The third kappa shape index (κ3) is 1.86. The van der Waals surface area contributed by atoms with Crippen LogP contribution in [0.4, 0.5) is 0 Å². The lowest BCUT2D eigenvalue weighted by atomic mass is 9.86. The van der Waals surface area contributed by atoms with Crippen molar-refractivity contribution in [1.29, 1.82) is 0 Å². The summed E-state index contributed by atoms with van der Waals surface area (Å²) in [6, 6.07) is 0. The third-order valence-electron chi connectivity index (χ3n) is 1.77. The van der Waals surface area contributed by atoms with Crippen molar-refractivity contribution < 1.29 is 20.4 Å². The first kappa shape index (κ1) is 10.8. The van der Waals surface area contributed by atoms with Crippen molar-refractivity contribution in [3.8, 4) is 0 Å². The van der Waals surface area contributed by atoms with Gasteiger partial charge in [0.1, 0.15) is 12.5 Å². The Balaban J connectivity index is 4.46. The minimum absolute atomic E-state index is 0.682. The number of nitrogens with two attached hydrogens (primary N) is 2. The fourth-order valence-electron chi connectivity index (χ4n) is 0.599. The van der Waals surface area contributed by atoms with Crippen molar-refractivity contribution in [2.45, 2.75) is 12.5 Å². The Labute approximate surface area is 64.1 Å². The molecule has 0 saturated heterocycles. The molecule has 0 aliphatic rings. The van der Waals surface area contributed by atoms with Crippen molar-refractivity contribution in [3.05, 3.63) is 0 Å². The van der Waals surface area contributed by atoms with E-state index in [9.17, 15) is 0 Å². The van der Waals surface area contributed by atoms with Crippen LogP contribution in [0.3, 0.4) is 0 Å². The lowest BCUT2D eigenvalue weighted by Gasteiger charge is -2.34. The van der Waals surface area contributed by atoms with Crippen LogP contribution >= 0.6 is 0 Å². The zero-order valence-corrected chi connectivity index (χ0v) is 6.01. The average Bonchev–Trinajstić information content (AvgIpc) is 1.90. The molecule has 0 aliphatic heterocycles. The molecular weight excluding hydrogens is 152 g/mol. The maximum Gasteiger partial charge on any atom is 0.116 e. The molecule has 0 radical (unpaired) electrons. The average molecular weight is 166 g/mol. The molecule has 0 aromatic carbocycles. The van der Waals surface area contributed by atoms with Crippen molar-refractivity contribution in [2.24, 2.45) is 16.9 Å². The number of aliphatic hydroxyl groups is 4. The van der Waals surface area contributed by atoms with Crippen molar-refractivity contribution >= 4 is 0 Å². The molecule has 0 spiro atoms. The number of hydrogen-bond acceptors (Lipinski definition) is 6. The largest absolute Gasteiger partial charge is 0.395 e. The first-order valence-corrected chi connectivity index (χ1v) is 3.10. The second-order valence-corrected chi connectivity index (χ2v) is 2.44. The molecule has 8 N–H and O–H groups in total. The van der Waals surface area contributed by atoms with Gasteiger partial charge in [-0.25, -0.2) is 0 Å². The van der Waals surface area contributed by atoms with Gasteiger partial charge < -0.3 is 31.9 Å². The van der Waals surface area contributed by atoms with E-state index >= 15 is 0 Å². The normalized spacial score (nSPS) is 18.0. The van der Waals surface area contributed by atoms with Crippen molar-refractivity contribution in [3.63, 3.8) is 0 Å². The van der Waals surface area contributed by atoms with Gasteiger partial charge in [0.25, 0.3) is 0 Å². The SMILES string of the molecule is NC(O)C(CO)(CO)C(N)O. The molecule has 6 nitrogen and oxygen atoms in total. The zero-order valence-electron chi connectivity index (χ0n) is 6.01. The zero-order chi connectivity index (χ0) is 9.07. The Kier molecular flexibility index (Phi) is 3.87. The first-order chi connectivity index (χ1) is 5.01. The first-order valence-electron chi connectivity index (χ1n) is 3.10. The number of rotatable bonds is 4. The lowest BCUT2D eigenvalue weighted by molar-refractivity contribution is -0.120. The van der Waals surface area contributed by atoms with Crippen LogP contribution in [0.5, 0.6) is 0 Å². The lowest BCUT2D eigenvalue weighted by Crippen LogP contribution is -2.58. The Morgan fingerprint density at radius 1 is 1.00 bits per heavy atom. The van der Waals surface area contributed by atoms with Crippen LogP contribution in [-0.2, 0) is 0 Å². The van der Waals surface area contributed by atoms with Crippen molar-refractivity contribution in [2.75, 3.05) is 13.2 Å². The van der Waals surface area contributed by atoms with E-state index in [1.54, 1.807) is 0 Å². The maximum absolute atomic E-state index is 8.85. The third-order valence-corrected chi connectivity index (χ3v) is 1.77. The Bertz CT molecular complexity index is 103. The quantitative estimate of drug-likeness (QED) is 0.240. The standard InChI is InChI=1S/C5H14N2O4/c6-3(10)5(1-8,2-9)4(7)11/h3-4,8-11H,1-2,6-7H2. The van der Waals surface area contributed by atoms with E-state index in [4.69, 9.17) is 31.9 Å². The molecule has 0 amide bonds. The predicted molar refractivity (Wildman–Crippen MR) is 37.0 cm³/mol. The van der Waals surface area contributed by atoms with Gasteiger partial charge in [0.05, 0.1) is 18.6 Å². The second kappa shape index (κ2) is 3.96. The molecule has 0 fully saturated rings. The molecule has 0 aromatic heterocycles. The minimum Gasteiger partial charge on any atom is -0.395 e. The van der Waals surface area contributed by atoms with E-state index in [1.165, 1.54) is 0 Å². The van der Waals surface area contributed by atoms with E-state index in [-0.39, 0.29) is 0 Å². The van der Waals surface area contributed by atoms with Crippen LogP contribution in [0.15, 0.2) is 0 Å². The van der Waals surface area contributed by atoms with Gasteiger partial charge >= 0.3 is 0 Å². The van der Waals surface area contributed by atoms with E-state index in [2.05, 4.69) is 0 Å².